The van der Waals surface area contributed by atoms with Crippen LogP contribution in [0.5, 0.6) is 0 Å². The summed E-state index contributed by atoms with van der Waals surface area (Å²) in [7, 11) is 0. The van der Waals surface area contributed by atoms with Gasteiger partial charge < -0.3 is 5.11 Å². The third-order valence-electron chi connectivity index (χ3n) is 12.8. The fraction of sp³-hybridized carbons (Fsp3) is 0.900. The van der Waals surface area contributed by atoms with Gasteiger partial charge in [-0.3, -0.25) is 4.79 Å². The van der Waals surface area contributed by atoms with E-state index in [1.807, 2.05) is 0 Å². The van der Waals surface area contributed by atoms with Crippen molar-refractivity contribution in [1.82, 2.24) is 0 Å². The largest absolute Gasteiger partial charge is 0.481 e. The third kappa shape index (κ3) is 2.73. The first kappa shape index (κ1) is 23.0. The Labute approximate surface area is 197 Å². The topological polar surface area (TPSA) is 37.3 Å². The summed E-state index contributed by atoms with van der Waals surface area (Å²) in [4.78, 5) is 12.7. The maximum Gasteiger partial charge on any atom is 0.310 e. The van der Waals surface area contributed by atoms with E-state index < -0.39 is 11.4 Å². The number of carboxylic acid groups (broad SMARTS) is 1. The summed E-state index contributed by atoms with van der Waals surface area (Å²) in [6.45, 7) is 17.7. The first-order valence-electron chi connectivity index (χ1n) is 13.7. The van der Waals surface area contributed by atoms with Gasteiger partial charge in [0.15, 0.2) is 0 Å². The summed E-state index contributed by atoms with van der Waals surface area (Å²) in [6.07, 6.45) is 15.5. The van der Waals surface area contributed by atoms with E-state index in [1.165, 1.54) is 38.5 Å². The van der Waals surface area contributed by atoms with Crippen LogP contribution in [-0.2, 0) is 4.79 Å². The Balaban J connectivity index is 1.60. The van der Waals surface area contributed by atoms with Crippen LogP contribution in [0.1, 0.15) is 119 Å². The van der Waals surface area contributed by atoms with Crippen LogP contribution in [0.25, 0.3) is 0 Å². The molecule has 0 aliphatic heterocycles. The summed E-state index contributed by atoms with van der Waals surface area (Å²) in [5.41, 5.74) is 2.62. The van der Waals surface area contributed by atoms with Gasteiger partial charge in [-0.05, 0) is 109 Å². The standard InChI is InChI=1S/C30H48O2/c1-25(2)15-17-30(24(31)32)18-16-28(6)20(21(30)19-25)9-10-23-27(5)13-8-12-26(3,4)22(27)11-14-29(23,28)7/h9,21-23H,8,10-19H2,1-7H3,(H,31,32)/t21-,22+,23+,27-,28+,29+,30-/m0/s1. The maximum absolute atomic E-state index is 12.7. The molecule has 0 aromatic carbocycles. The minimum absolute atomic E-state index is 0.155. The molecule has 5 aliphatic carbocycles. The normalized spacial score (nSPS) is 51.3. The van der Waals surface area contributed by atoms with Gasteiger partial charge in [0.25, 0.3) is 0 Å². The smallest absolute Gasteiger partial charge is 0.310 e. The van der Waals surface area contributed by atoms with Crippen molar-refractivity contribution < 1.29 is 9.90 Å². The van der Waals surface area contributed by atoms with E-state index in [0.717, 1.165) is 43.9 Å². The highest BCUT2D eigenvalue weighted by molar-refractivity contribution is 5.76. The second-order valence-electron chi connectivity index (χ2n) is 15.0. The second-order valence-corrected chi connectivity index (χ2v) is 15.0. The Morgan fingerprint density at radius 1 is 0.875 bits per heavy atom. The number of carboxylic acids is 1. The first-order chi connectivity index (χ1) is 14.7. The predicted octanol–water partition coefficient (Wildman–Crippen LogP) is 8.26. The quantitative estimate of drug-likeness (QED) is 0.417. The molecule has 0 amide bonds. The molecule has 0 unspecified atom stereocenters. The molecule has 0 bridgehead atoms. The molecule has 2 heteroatoms. The van der Waals surface area contributed by atoms with E-state index in [-0.39, 0.29) is 16.7 Å². The molecular weight excluding hydrogens is 392 g/mol. The first-order valence-corrected chi connectivity index (χ1v) is 13.7. The van der Waals surface area contributed by atoms with Crippen molar-refractivity contribution in [2.45, 2.75) is 119 Å². The lowest BCUT2D eigenvalue weighted by Crippen LogP contribution is -2.63. The number of rotatable bonds is 1. The molecule has 0 spiro atoms. The van der Waals surface area contributed by atoms with Crippen LogP contribution in [0.3, 0.4) is 0 Å². The van der Waals surface area contributed by atoms with Crippen LogP contribution in [0.2, 0.25) is 0 Å². The van der Waals surface area contributed by atoms with Crippen LogP contribution < -0.4 is 0 Å². The lowest BCUT2D eigenvalue weighted by molar-refractivity contribution is -0.187. The van der Waals surface area contributed by atoms with Gasteiger partial charge in [-0.1, -0.05) is 66.5 Å². The molecule has 2 nitrogen and oxygen atoms in total. The fourth-order valence-electron chi connectivity index (χ4n) is 10.7. The van der Waals surface area contributed by atoms with Crippen molar-refractivity contribution in [2.24, 2.45) is 50.2 Å². The minimum atomic E-state index is -0.516. The molecule has 32 heavy (non-hydrogen) atoms. The van der Waals surface area contributed by atoms with Crippen molar-refractivity contribution in [1.29, 1.82) is 0 Å². The Bertz CT molecular complexity index is 851. The molecule has 5 aliphatic rings. The van der Waals surface area contributed by atoms with Crippen molar-refractivity contribution >= 4 is 5.97 Å². The van der Waals surface area contributed by atoms with Crippen molar-refractivity contribution in [3.8, 4) is 0 Å². The van der Waals surface area contributed by atoms with Crippen molar-refractivity contribution in [2.75, 3.05) is 0 Å². The van der Waals surface area contributed by atoms with Gasteiger partial charge in [-0.15, -0.1) is 0 Å². The molecule has 0 heterocycles. The van der Waals surface area contributed by atoms with Crippen LogP contribution in [0.4, 0.5) is 0 Å². The minimum Gasteiger partial charge on any atom is -0.481 e. The maximum atomic E-state index is 12.7. The van der Waals surface area contributed by atoms with E-state index in [4.69, 9.17) is 0 Å². The zero-order valence-electron chi connectivity index (χ0n) is 21.9. The third-order valence-corrected chi connectivity index (χ3v) is 12.8. The molecule has 0 saturated heterocycles. The van der Waals surface area contributed by atoms with Crippen LogP contribution in [0.15, 0.2) is 11.6 Å². The summed E-state index contributed by atoms with van der Waals surface area (Å²) in [5, 5.41) is 10.5. The zero-order valence-corrected chi connectivity index (χ0v) is 21.9. The molecule has 7 atom stereocenters. The summed E-state index contributed by atoms with van der Waals surface area (Å²) in [5.74, 6) is 1.28. The van der Waals surface area contributed by atoms with E-state index in [0.29, 0.717) is 16.2 Å². The number of carbonyl (C=O) groups is 1. The number of aliphatic carboxylic acids is 1. The average molecular weight is 441 g/mol. The number of hydrogen-bond acceptors (Lipinski definition) is 1. The number of fused-ring (bicyclic) bond motifs is 7. The second kappa shape index (κ2) is 6.66. The average Bonchev–Trinajstić information content (AvgIpc) is 2.67. The van der Waals surface area contributed by atoms with Gasteiger partial charge in [0.1, 0.15) is 0 Å². The monoisotopic (exact) mass is 440 g/mol. The van der Waals surface area contributed by atoms with Gasteiger partial charge >= 0.3 is 5.97 Å². The van der Waals surface area contributed by atoms with E-state index >= 15 is 0 Å². The fourth-order valence-corrected chi connectivity index (χ4v) is 10.7. The molecule has 0 radical (unpaired) electrons. The van der Waals surface area contributed by atoms with Crippen LogP contribution >= 0.6 is 0 Å². The van der Waals surface area contributed by atoms with Gasteiger partial charge in [-0.25, -0.2) is 0 Å². The molecule has 4 saturated carbocycles. The SMILES string of the molecule is CC1(C)CC[C@]2(C(=O)O)CC[C@]3(C)C(=CC[C@@H]4[C@@]5(C)CCCC(C)(C)[C@H]5CC[C@]43C)[C@@H]2C1. The Kier molecular flexibility index (Phi) is 4.78. The molecule has 0 aromatic rings. The lowest BCUT2D eigenvalue weighted by Gasteiger charge is -2.70. The molecule has 0 aromatic heterocycles. The molecule has 4 fully saturated rings. The summed E-state index contributed by atoms with van der Waals surface area (Å²) >= 11 is 0. The van der Waals surface area contributed by atoms with Crippen LogP contribution in [-0.4, -0.2) is 11.1 Å². The van der Waals surface area contributed by atoms with E-state index in [2.05, 4.69) is 54.5 Å². The van der Waals surface area contributed by atoms with Crippen molar-refractivity contribution in [3.63, 3.8) is 0 Å². The zero-order chi connectivity index (χ0) is 23.4. The highest BCUT2D eigenvalue weighted by atomic mass is 16.4. The molecule has 1 N–H and O–H groups in total. The van der Waals surface area contributed by atoms with Crippen molar-refractivity contribution in [3.05, 3.63) is 11.6 Å². The summed E-state index contributed by atoms with van der Waals surface area (Å²) in [6, 6.07) is 0. The predicted molar refractivity (Wildman–Crippen MR) is 131 cm³/mol. The molecular formula is C30H48O2. The van der Waals surface area contributed by atoms with Crippen LogP contribution in [0, 0.1) is 50.2 Å². The molecule has 5 rings (SSSR count). The number of allylic oxidation sites excluding steroid dienone is 2. The van der Waals surface area contributed by atoms with Gasteiger partial charge in [0.2, 0.25) is 0 Å². The van der Waals surface area contributed by atoms with Gasteiger partial charge in [-0.2, -0.15) is 0 Å². The highest BCUT2D eigenvalue weighted by Gasteiger charge is 2.68. The Hall–Kier alpha value is -0.790. The van der Waals surface area contributed by atoms with Gasteiger partial charge in [0.05, 0.1) is 5.41 Å². The highest BCUT2D eigenvalue weighted by Crippen LogP contribution is 2.75. The van der Waals surface area contributed by atoms with E-state index in [9.17, 15) is 9.90 Å². The Morgan fingerprint density at radius 3 is 2.25 bits per heavy atom. The Morgan fingerprint density at radius 2 is 1.56 bits per heavy atom. The van der Waals surface area contributed by atoms with Gasteiger partial charge in [0, 0.05) is 0 Å². The van der Waals surface area contributed by atoms with E-state index in [1.54, 1.807) is 5.57 Å². The lowest BCUT2D eigenvalue weighted by atomic mass is 9.33. The molecule has 180 valence electrons. The number of hydrogen-bond donors (Lipinski definition) is 1. The summed E-state index contributed by atoms with van der Waals surface area (Å²) < 4.78 is 0.